The predicted molar refractivity (Wildman–Crippen MR) is 162 cm³/mol. The van der Waals surface area contributed by atoms with E-state index in [1.54, 1.807) is 72.3 Å². The monoisotopic (exact) mass is 553 g/mol. The van der Waals surface area contributed by atoms with E-state index in [0.717, 1.165) is 24.1 Å². The van der Waals surface area contributed by atoms with Crippen molar-refractivity contribution in [2.45, 2.75) is 6.42 Å². The number of carbonyl (C=O) groups is 3. The maximum Gasteiger partial charge on any atom is 0.272 e. The van der Waals surface area contributed by atoms with Gasteiger partial charge in [-0.1, -0.05) is 24.3 Å². The minimum Gasteiger partial charge on any atom is -0.351 e. The number of amides is 3. The molecule has 10 heteroatoms. The van der Waals surface area contributed by atoms with E-state index in [1.165, 1.54) is 0 Å². The third kappa shape index (κ3) is 8.02. The topological polar surface area (TPSA) is 113 Å². The van der Waals surface area contributed by atoms with Crippen LogP contribution in [0.4, 0.5) is 11.4 Å². The van der Waals surface area contributed by atoms with Crippen LogP contribution in [0.1, 0.15) is 48.9 Å². The van der Waals surface area contributed by atoms with Crippen molar-refractivity contribution in [3.63, 3.8) is 0 Å². The number of hydrogen-bond donors (Lipinski definition) is 3. The van der Waals surface area contributed by atoms with Crippen molar-refractivity contribution in [1.82, 2.24) is 24.3 Å². The van der Waals surface area contributed by atoms with Gasteiger partial charge in [0.2, 0.25) is 0 Å². The fraction of sp³-hybridized carbons (Fsp3) is 0.226. The van der Waals surface area contributed by atoms with E-state index in [9.17, 15) is 14.4 Å². The van der Waals surface area contributed by atoms with E-state index in [-0.39, 0.29) is 17.7 Å². The highest BCUT2D eigenvalue weighted by Gasteiger charge is 2.17. The van der Waals surface area contributed by atoms with Crippen LogP contribution < -0.4 is 16.0 Å². The Balaban J connectivity index is 1.34. The molecule has 1 aromatic carbocycles. The molecule has 212 valence electrons. The van der Waals surface area contributed by atoms with Gasteiger partial charge in [0.05, 0.1) is 11.4 Å². The maximum atomic E-state index is 13.0. The van der Waals surface area contributed by atoms with E-state index >= 15 is 0 Å². The van der Waals surface area contributed by atoms with Crippen LogP contribution in [0.5, 0.6) is 0 Å². The van der Waals surface area contributed by atoms with Gasteiger partial charge in [-0.2, -0.15) is 0 Å². The van der Waals surface area contributed by atoms with Crippen LogP contribution >= 0.6 is 0 Å². The fourth-order valence-corrected chi connectivity index (χ4v) is 4.22. The zero-order chi connectivity index (χ0) is 29.4. The Morgan fingerprint density at radius 2 is 1.32 bits per heavy atom. The molecule has 0 aliphatic carbocycles. The number of hydrogen-bond acceptors (Lipinski definition) is 5. The summed E-state index contributed by atoms with van der Waals surface area (Å²) in [5.41, 5.74) is 4.30. The second kappa shape index (κ2) is 13.4. The van der Waals surface area contributed by atoms with Crippen molar-refractivity contribution in [3.05, 3.63) is 101 Å². The third-order valence-electron chi connectivity index (χ3n) is 6.41. The first kappa shape index (κ1) is 29.0. The van der Waals surface area contributed by atoms with Crippen LogP contribution in [-0.2, 0) is 14.1 Å². The van der Waals surface area contributed by atoms with Crippen LogP contribution in [0.2, 0.25) is 0 Å². The lowest BCUT2D eigenvalue weighted by molar-refractivity contribution is 0.0942. The highest BCUT2D eigenvalue weighted by molar-refractivity contribution is 6.07. The number of pyridine rings is 1. The Morgan fingerprint density at radius 3 is 1.90 bits per heavy atom. The zero-order valence-electron chi connectivity index (χ0n) is 23.7. The minimum absolute atomic E-state index is 0.201. The van der Waals surface area contributed by atoms with Gasteiger partial charge in [-0.05, 0) is 74.6 Å². The SMILES string of the molecule is CN(C)CCCNC(=O)c1cc(NC(=O)c2cc(NC(=O)c3ccc(/C=C/c4ccncc4)cc3)cn2C)cn1C. The molecule has 3 amide bonds. The number of carbonyl (C=O) groups excluding carboxylic acids is 3. The molecular weight excluding hydrogens is 518 g/mol. The molecule has 0 saturated heterocycles. The molecule has 41 heavy (non-hydrogen) atoms. The summed E-state index contributed by atoms with van der Waals surface area (Å²) in [5, 5.41) is 8.59. The predicted octanol–water partition coefficient (Wildman–Crippen LogP) is 4.12. The lowest BCUT2D eigenvalue weighted by atomic mass is 10.1. The van der Waals surface area contributed by atoms with E-state index in [1.807, 2.05) is 50.5 Å². The number of nitrogens with one attached hydrogen (secondary N) is 3. The molecule has 0 atom stereocenters. The number of rotatable bonds is 11. The average molecular weight is 554 g/mol. The number of anilines is 2. The highest BCUT2D eigenvalue weighted by atomic mass is 16.2. The van der Waals surface area contributed by atoms with Crippen LogP contribution in [0.3, 0.4) is 0 Å². The summed E-state index contributed by atoms with van der Waals surface area (Å²) in [4.78, 5) is 44.5. The molecule has 3 N–H and O–H groups in total. The lowest BCUT2D eigenvalue weighted by Crippen LogP contribution is -2.28. The summed E-state index contributed by atoms with van der Waals surface area (Å²) in [6.07, 6.45) is 11.6. The zero-order valence-corrected chi connectivity index (χ0v) is 23.7. The van der Waals surface area contributed by atoms with Gasteiger partial charge in [-0.3, -0.25) is 19.4 Å². The summed E-state index contributed by atoms with van der Waals surface area (Å²) >= 11 is 0. The standard InChI is InChI=1S/C31H35N7O3/c1-36(2)17-5-14-33-30(40)27-18-26(21-37(27)3)35-31(41)28-19-25(20-38(28)4)34-29(39)24-10-8-22(9-11-24)6-7-23-12-15-32-16-13-23/h6-13,15-16,18-21H,5,14,17H2,1-4H3,(H,33,40)(H,34,39)(H,35,41)/b7-6+. The van der Waals surface area contributed by atoms with E-state index in [2.05, 4.69) is 25.8 Å². The molecule has 0 aliphatic heterocycles. The second-order valence-corrected chi connectivity index (χ2v) is 10.0. The summed E-state index contributed by atoms with van der Waals surface area (Å²) in [6.45, 7) is 1.45. The molecule has 3 aromatic heterocycles. The molecule has 0 spiro atoms. The molecule has 10 nitrogen and oxygen atoms in total. The lowest BCUT2D eigenvalue weighted by Gasteiger charge is -2.10. The molecular formula is C31H35N7O3. The van der Waals surface area contributed by atoms with Crippen molar-refractivity contribution in [1.29, 1.82) is 0 Å². The number of benzene rings is 1. The normalized spacial score (nSPS) is 11.1. The van der Waals surface area contributed by atoms with E-state index in [0.29, 0.717) is 34.9 Å². The van der Waals surface area contributed by atoms with Gasteiger partial charge in [-0.25, -0.2) is 0 Å². The van der Waals surface area contributed by atoms with Crippen molar-refractivity contribution >= 4 is 41.2 Å². The van der Waals surface area contributed by atoms with Gasteiger partial charge in [0.25, 0.3) is 17.7 Å². The summed E-state index contributed by atoms with van der Waals surface area (Å²) < 4.78 is 3.31. The van der Waals surface area contributed by atoms with Gasteiger partial charge in [0, 0.05) is 51.0 Å². The number of aromatic nitrogens is 3. The van der Waals surface area contributed by atoms with Crippen molar-refractivity contribution in [2.24, 2.45) is 14.1 Å². The Kier molecular flexibility index (Phi) is 9.49. The van der Waals surface area contributed by atoms with Gasteiger partial charge < -0.3 is 30.0 Å². The molecule has 0 unspecified atom stereocenters. The molecule has 0 aliphatic rings. The van der Waals surface area contributed by atoms with Gasteiger partial charge in [-0.15, -0.1) is 0 Å². The molecule has 0 fully saturated rings. The summed E-state index contributed by atoms with van der Waals surface area (Å²) in [6, 6.07) is 14.3. The minimum atomic E-state index is -0.359. The third-order valence-corrected chi connectivity index (χ3v) is 6.41. The van der Waals surface area contributed by atoms with E-state index in [4.69, 9.17) is 0 Å². The van der Waals surface area contributed by atoms with Crippen molar-refractivity contribution in [2.75, 3.05) is 37.8 Å². The average Bonchev–Trinajstić information content (AvgIpc) is 3.51. The summed E-state index contributed by atoms with van der Waals surface area (Å²) in [5.74, 6) is -0.841. The Labute approximate surface area is 239 Å². The molecule has 0 bridgehead atoms. The smallest absolute Gasteiger partial charge is 0.272 e. The maximum absolute atomic E-state index is 13.0. The molecule has 0 radical (unpaired) electrons. The largest absolute Gasteiger partial charge is 0.351 e. The van der Waals surface area contributed by atoms with Crippen LogP contribution in [-0.4, -0.2) is 63.9 Å². The van der Waals surface area contributed by atoms with Gasteiger partial charge in [0.15, 0.2) is 0 Å². The Bertz CT molecular complexity index is 1530. The molecule has 3 heterocycles. The molecule has 4 rings (SSSR count). The molecule has 4 aromatic rings. The quantitative estimate of drug-likeness (QED) is 0.242. The van der Waals surface area contributed by atoms with Crippen molar-refractivity contribution in [3.8, 4) is 0 Å². The first-order chi connectivity index (χ1) is 19.7. The number of aryl methyl sites for hydroxylation is 2. The first-order valence-corrected chi connectivity index (χ1v) is 13.3. The van der Waals surface area contributed by atoms with Crippen molar-refractivity contribution < 1.29 is 14.4 Å². The second-order valence-electron chi connectivity index (χ2n) is 10.0. The van der Waals surface area contributed by atoms with Crippen LogP contribution in [0.25, 0.3) is 12.2 Å². The highest BCUT2D eigenvalue weighted by Crippen LogP contribution is 2.19. The molecule has 0 saturated carbocycles. The summed E-state index contributed by atoms with van der Waals surface area (Å²) in [7, 11) is 7.46. The Morgan fingerprint density at radius 1 is 0.780 bits per heavy atom. The van der Waals surface area contributed by atoms with Gasteiger partial charge >= 0.3 is 0 Å². The first-order valence-electron chi connectivity index (χ1n) is 13.3. The van der Waals surface area contributed by atoms with Crippen LogP contribution in [0, 0.1) is 0 Å². The van der Waals surface area contributed by atoms with E-state index < -0.39 is 0 Å². The van der Waals surface area contributed by atoms with Crippen LogP contribution in [0.15, 0.2) is 73.3 Å². The fourth-order valence-electron chi connectivity index (χ4n) is 4.22. The number of nitrogens with zero attached hydrogens (tertiary/aromatic N) is 4. The Hall–Kier alpha value is -4.96. The van der Waals surface area contributed by atoms with Gasteiger partial charge in [0.1, 0.15) is 11.4 Å².